The smallest absolute Gasteiger partial charge is 0.198 e. The molecule has 32 heavy (non-hydrogen) atoms. The molecule has 3 N–H and O–H groups in total. The number of hydrogen-bond acceptors (Lipinski definition) is 8. The molecule has 0 spiro atoms. The Hall–Kier alpha value is -3.43. The van der Waals surface area contributed by atoms with Crippen molar-refractivity contribution in [2.45, 2.75) is 50.9 Å². The minimum atomic E-state index is -0.994. The highest BCUT2D eigenvalue weighted by molar-refractivity contribution is 6.30. The molecule has 5 atom stereocenters. The number of aromatic hydroxyl groups is 2. The van der Waals surface area contributed by atoms with Gasteiger partial charge in [-0.3, -0.25) is 9.59 Å². The first-order valence-electron chi connectivity index (χ1n) is 10.0. The van der Waals surface area contributed by atoms with E-state index in [1.807, 2.05) is 0 Å². The number of rotatable bonds is 4. The number of ether oxygens (including phenoxy) is 2. The summed E-state index contributed by atoms with van der Waals surface area (Å²) < 4.78 is 11.5. The van der Waals surface area contributed by atoms with Gasteiger partial charge in [0.1, 0.15) is 11.5 Å². The summed E-state index contributed by atoms with van der Waals surface area (Å²) in [5, 5.41) is 35.1. The Labute approximate surface area is 182 Å². The summed E-state index contributed by atoms with van der Waals surface area (Å²) in [6, 6.07) is 6.62. The molecule has 1 heterocycles. The van der Waals surface area contributed by atoms with Crippen LogP contribution in [-0.2, 0) is 9.47 Å². The van der Waals surface area contributed by atoms with Crippen LogP contribution in [0.25, 0.3) is 10.4 Å². The Morgan fingerprint density at radius 1 is 1.19 bits per heavy atom. The number of phenolic OH excluding ortho intramolecular Hbond substituents is 2. The number of aliphatic hydroxyl groups excluding tert-OH is 1. The number of nitrogens with zero attached hydrogens (tertiary/aromatic N) is 3. The molecule has 1 saturated heterocycles. The van der Waals surface area contributed by atoms with E-state index in [0.29, 0.717) is 0 Å². The molecule has 1 aliphatic heterocycles. The van der Waals surface area contributed by atoms with Gasteiger partial charge in [-0.1, -0.05) is 29.4 Å². The maximum Gasteiger partial charge on any atom is 0.198 e. The number of azide groups is 1. The molecule has 166 valence electrons. The highest BCUT2D eigenvalue weighted by Crippen LogP contribution is 2.43. The van der Waals surface area contributed by atoms with Crippen molar-refractivity contribution >= 4 is 11.6 Å². The van der Waals surface area contributed by atoms with E-state index in [-0.39, 0.29) is 34.2 Å². The van der Waals surface area contributed by atoms with Crippen molar-refractivity contribution < 1.29 is 34.4 Å². The Bertz CT molecular complexity index is 1160. The number of ketones is 2. The molecule has 0 radical (unpaired) electrons. The average molecular weight is 439 g/mol. The van der Waals surface area contributed by atoms with Crippen LogP contribution in [0.3, 0.4) is 0 Å². The van der Waals surface area contributed by atoms with Crippen LogP contribution >= 0.6 is 0 Å². The van der Waals surface area contributed by atoms with E-state index in [0.717, 1.165) is 0 Å². The third kappa shape index (κ3) is 3.49. The summed E-state index contributed by atoms with van der Waals surface area (Å²) in [6.07, 6.45) is -3.34. The van der Waals surface area contributed by atoms with Crippen molar-refractivity contribution in [2.24, 2.45) is 5.11 Å². The fraction of sp³-hybridized carbons (Fsp3) is 0.364. The van der Waals surface area contributed by atoms with Gasteiger partial charge < -0.3 is 24.8 Å². The fourth-order valence-electron chi connectivity index (χ4n) is 4.18. The molecule has 1 aliphatic carbocycles. The highest BCUT2D eigenvalue weighted by Gasteiger charge is 2.38. The van der Waals surface area contributed by atoms with Gasteiger partial charge in [0, 0.05) is 28.0 Å². The Kier molecular flexibility index (Phi) is 5.62. The molecular formula is C22H21N3O7. The normalized spacial score (nSPS) is 25.5. The zero-order chi connectivity index (χ0) is 23.2. The molecule has 1 fully saturated rings. The molecule has 0 unspecified atom stereocenters. The zero-order valence-corrected chi connectivity index (χ0v) is 17.3. The predicted octanol–water partition coefficient (Wildman–Crippen LogP) is 3.13. The van der Waals surface area contributed by atoms with Gasteiger partial charge in [0.05, 0.1) is 35.5 Å². The molecule has 0 saturated carbocycles. The minimum absolute atomic E-state index is 0.0718. The second-order valence-corrected chi connectivity index (χ2v) is 7.83. The van der Waals surface area contributed by atoms with Crippen molar-refractivity contribution in [1.29, 1.82) is 0 Å². The SMILES string of the molecule is C[C@H](O[C@@H]1C[C@H](N=[N+]=[N-])[C@@H](O)[C@H](C)O1)c1cc(O)c2c(c1O)C(=O)c1ccccc1C2=O. The van der Waals surface area contributed by atoms with Gasteiger partial charge in [0.15, 0.2) is 17.9 Å². The van der Waals surface area contributed by atoms with Crippen molar-refractivity contribution in [3.8, 4) is 11.5 Å². The van der Waals surface area contributed by atoms with E-state index in [1.54, 1.807) is 26.0 Å². The first-order valence-corrected chi connectivity index (χ1v) is 10.0. The lowest BCUT2D eigenvalue weighted by atomic mass is 9.81. The molecule has 0 amide bonds. The number of benzene rings is 2. The molecule has 0 aromatic heterocycles. The van der Waals surface area contributed by atoms with Crippen LogP contribution < -0.4 is 0 Å². The Morgan fingerprint density at radius 3 is 2.44 bits per heavy atom. The van der Waals surface area contributed by atoms with Gasteiger partial charge in [-0.2, -0.15) is 0 Å². The minimum Gasteiger partial charge on any atom is -0.507 e. The summed E-state index contributed by atoms with van der Waals surface area (Å²) in [4.78, 5) is 28.6. The van der Waals surface area contributed by atoms with E-state index < -0.39 is 53.7 Å². The van der Waals surface area contributed by atoms with Crippen molar-refractivity contribution in [3.05, 3.63) is 68.6 Å². The van der Waals surface area contributed by atoms with E-state index in [9.17, 15) is 24.9 Å². The predicted molar refractivity (Wildman–Crippen MR) is 110 cm³/mol. The number of fused-ring (bicyclic) bond motifs is 2. The maximum absolute atomic E-state index is 13.0. The topological polar surface area (TPSA) is 162 Å². The van der Waals surface area contributed by atoms with Crippen molar-refractivity contribution in [3.63, 3.8) is 0 Å². The van der Waals surface area contributed by atoms with Gasteiger partial charge in [0.2, 0.25) is 0 Å². The number of carbonyl (C=O) groups excluding carboxylic acids is 2. The number of hydrogen-bond donors (Lipinski definition) is 3. The standard InChI is InChI=1S/C22H21N3O7/c1-9(31-16-8-14(24-25-23)19(27)10(2)32-16)13-7-15(26)17-18(22(13)30)21(29)12-6-4-3-5-11(12)20(17)28/h3-7,9-10,14,16,19,26-27,30H,8H2,1-2H3/t9-,10-,14-,16-,19-/m0/s1. The fourth-order valence-corrected chi connectivity index (χ4v) is 4.18. The van der Waals surface area contributed by atoms with Crippen LogP contribution in [0.4, 0.5) is 0 Å². The number of phenols is 2. The molecular weight excluding hydrogens is 418 g/mol. The average Bonchev–Trinajstić information content (AvgIpc) is 2.76. The summed E-state index contributed by atoms with van der Waals surface area (Å²) in [5.74, 6) is -2.05. The monoisotopic (exact) mass is 439 g/mol. The van der Waals surface area contributed by atoms with Crippen LogP contribution in [0.5, 0.6) is 11.5 Å². The third-order valence-corrected chi connectivity index (χ3v) is 5.85. The van der Waals surface area contributed by atoms with Gasteiger partial charge in [0.25, 0.3) is 0 Å². The highest BCUT2D eigenvalue weighted by atomic mass is 16.7. The largest absolute Gasteiger partial charge is 0.507 e. The lowest BCUT2D eigenvalue weighted by Gasteiger charge is -2.37. The van der Waals surface area contributed by atoms with Gasteiger partial charge in [-0.25, -0.2) is 0 Å². The van der Waals surface area contributed by atoms with Crippen LogP contribution in [0, 0.1) is 0 Å². The van der Waals surface area contributed by atoms with E-state index in [4.69, 9.17) is 15.0 Å². The Morgan fingerprint density at radius 2 is 1.81 bits per heavy atom. The summed E-state index contributed by atoms with van der Waals surface area (Å²) >= 11 is 0. The summed E-state index contributed by atoms with van der Waals surface area (Å²) in [7, 11) is 0. The number of aliphatic hydroxyl groups is 1. The second-order valence-electron chi connectivity index (χ2n) is 7.83. The molecule has 2 aliphatic rings. The molecule has 4 rings (SSSR count). The molecule has 2 aromatic carbocycles. The first-order chi connectivity index (χ1) is 15.2. The van der Waals surface area contributed by atoms with E-state index in [2.05, 4.69) is 10.0 Å². The van der Waals surface area contributed by atoms with Crippen LogP contribution in [0.1, 0.15) is 63.8 Å². The molecule has 10 nitrogen and oxygen atoms in total. The van der Waals surface area contributed by atoms with Crippen LogP contribution in [0.15, 0.2) is 35.4 Å². The second kappa shape index (κ2) is 8.25. The lowest BCUT2D eigenvalue weighted by Crippen LogP contribution is -2.46. The third-order valence-electron chi connectivity index (χ3n) is 5.85. The van der Waals surface area contributed by atoms with Crippen LogP contribution in [0.2, 0.25) is 0 Å². The summed E-state index contributed by atoms with van der Waals surface area (Å²) in [6.45, 7) is 3.18. The Balaban J connectivity index is 1.67. The maximum atomic E-state index is 13.0. The first kappa shape index (κ1) is 21.8. The van der Waals surface area contributed by atoms with Crippen molar-refractivity contribution in [1.82, 2.24) is 0 Å². The quantitative estimate of drug-likeness (QED) is 0.243. The van der Waals surface area contributed by atoms with Crippen LogP contribution in [-0.4, -0.2) is 51.4 Å². The molecule has 10 heteroatoms. The summed E-state index contributed by atoms with van der Waals surface area (Å²) in [5.41, 5.74) is 8.56. The van der Waals surface area contributed by atoms with Gasteiger partial charge in [-0.05, 0) is 25.4 Å². The van der Waals surface area contributed by atoms with Gasteiger partial charge in [-0.15, -0.1) is 0 Å². The lowest BCUT2D eigenvalue weighted by molar-refractivity contribution is -0.238. The van der Waals surface area contributed by atoms with E-state index in [1.165, 1.54) is 18.2 Å². The van der Waals surface area contributed by atoms with Gasteiger partial charge >= 0.3 is 0 Å². The number of carbonyl (C=O) groups is 2. The molecule has 0 bridgehead atoms. The zero-order valence-electron chi connectivity index (χ0n) is 17.3. The van der Waals surface area contributed by atoms with Crippen molar-refractivity contribution in [2.75, 3.05) is 0 Å². The van der Waals surface area contributed by atoms with E-state index >= 15 is 0 Å². The molecule has 2 aromatic rings.